The highest BCUT2D eigenvalue weighted by atomic mass is 15.1. The van der Waals surface area contributed by atoms with Gasteiger partial charge in [0.05, 0.1) is 17.4 Å². The number of allylic oxidation sites excluding steroid dienone is 1. The topological polar surface area (TPSA) is 39.9 Å². The van der Waals surface area contributed by atoms with E-state index in [-0.39, 0.29) is 0 Å². The molecule has 0 saturated heterocycles. The van der Waals surface area contributed by atoms with Crippen molar-refractivity contribution in [2.24, 2.45) is 0 Å². The lowest BCUT2D eigenvalue weighted by molar-refractivity contribution is 0.799. The van der Waals surface area contributed by atoms with E-state index in [2.05, 4.69) is 22.5 Å². The Labute approximate surface area is 90.7 Å². The highest BCUT2D eigenvalue weighted by Gasteiger charge is 2.05. The molecule has 0 N–H and O–H groups in total. The summed E-state index contributed by atoms with van der Waals surface area (Å²) in [6, 6.07) is 3.90. The number of unbranched alkanes of at least 4 members (excludes halogenated alkanes) is 1. The summed E-state index contributed by atoms with van der Waals surface area (Å²) in [5.41, 5.74) is 1.56. The third-order valence-corrected chi connectivity index (χ3v) is 2.23. The predicted octanol–water partition coefficient (Wildman–Crippen LogP) is 2.36. The number of nitriles is 1. The summed E-state index contributed by atoms with van der Waals surface area (Å²) in [5, 5.41) is 8.92. The number of hydrogen-bond donors (Lipinski definition) is 0. The van der Waals surface area contributed by atoms with Gasteiger partial charge >= 0.3 is 0 Å². The van der Waals surface area contributed by atoms with Crippen molar-refractivity contribution in [3.05, 3.63) is 36.7 Å². The van der Waals surface area contributed by atoms with Crippen molar-refractivity contribution in [1.29, 1.82) is 5.26 Å². The fraction of sp³-hybridized carbons (Fsp3) is 0.333. The molecule has 0 radical (unpaired) electrons. The zero-order chi connectivity index (χ0) is 11.1. The molecular weight excluding hydrogens is 186 g/mol. The van der Waals surface area contributed by atoms with Crippen LogP contribution in [0, 0.1) is 11.3 Å². The molecule has 0 spiro atoms. The van der Waals surface area contributed by atoms with Crippen molar-refractivity contribution in [1.82, 2.24) is 4.98 Å². The lowest BCUT2D eigenvalue weighted by Crippen LogP contribution is -2.19. The van der Waals surface area contributed by atoms with Gasteiger partial charge in [0.1, 0.15) is 6.07 Å². The Balaban J connectivity index is 2.69. The highest BCUT2D eigenvalue weighted by Crippen LogP contribution is 2.16. The van der Waals surface area contributed by atoms with E-state index in [1.54, 1.807) is 18.5 Å². The van der Waals surface area contributed by atoms with Gasteiger partial charge in [-0.05, 0) is 18.9 Å². The minimum Gasteiger partial charge on any atom is -0.372 e. The molecule has 1 rings (SSSR count). The molecule has 0 amide bonds. The zero-order valence-corrected chi connectivity index (χ0v) is 8.98. The molecule has 0 aliphatic rings. The molecule has 0 unspecified atom stereocenters. The molecule has 78 valence electrons. The first-order valence-electron chi connectivity index (χ1n) is 4.95. The summed E-state index contributed by atoms with van der Waals surface area (Å²) in [6.07, 6.45) is 7.31. The average molecular weight is 201 g/mol. The number of hydrogen-bond acceptors (Lipinski definition) is 3. The second-order valence-electron chi connectivity index (χ2n) is 3.36. The maximum atomic E-state index is 8.92. The van der Waals surface area contributed by atoms with Gasteiger partial charge in [0.15, 0.2) is 0 Å². The smallest absolute Gasteiger partial charge is 0.101 e. The van der Waals surface area contributed by atoms with Crippen LogP contribution in [0.5, 0.6) is 0 Å². The SMILES string of the molecule is C=CCCCN(C)c1cnccc1C#N. The van der Waals surface area contributed by atoms with E-state index in [0.717, 1.165) is 25.1 Å². The quantitative estimate of drug-likeness (QED) is 0.542. The fourth-order valence-electron chi connectivity index (χ4n) is 1.38. The molecule has 0 aromatic carbocycles. The molecule has 0 aliphatic carbocycles. The van der Waals surface area contributed by atoms with E-state index in [9.17, 15) is 0 Å². The molecule has 1 aromatic rings. The zero-order valence-electron chi connectivity index (χ0n) is 8.98. The van der Waals surface area contributed by atoms with Crippen LogP contribution < -0.4 is 4.90 Å². The van der Waals surface area contributed by atoms with Crippen LogP contribution in [0.2, 0.25) is 0 Å². The van der Waals surface area contributed by atoms with Crippen molar-refractivity contribution >= 4 is 5.69 Å². The Morgan fingerprint density at radius 3 is 3.13 bits per heavy atom. The highest BCUT2D eigenvalue weighted by molar-refractivity contribution is 5.56. The summed E-state index contributed by atoms with van der Waals surface area (Å²) in [7, 11) is 1.97. The number of pyridine rings is 1. The summed E-state index contributed by atoms with van der Waals surface area (Å²) >= 11 is 0. The minimum absolute atomic E-state index is 0.672. The van der Waals surface area contributed by atoms with Gasteiger partial charge in [-0.3, -0.25) is 4.98 Å². The van der Waals surface area contributed by atoms with Crippen molar-refractivity contribution in [3.63, 3.8) is 0 Å². The second-order valence-corrected chi connectivity index (χ2v) is 3.36. The number of aromatic nitrogens is 1. The van der Waals surface area contributed by atoms with Gasteiger partial charge in [-0.2, -0.15) is 5.26 Å². The van der Waals surface area contributed by atoms with Gasteiger partial charge in [0.25, 0.3) is 0 Å². The lowest BCUT2D eigenvalue weighted by atomic mass is 10.2. The van der Waals surface area contributed by atoms with Crippen LogP contribution in [0.4, 0.5) is 5.69 Å². The third-order valence-electron chi connectivity index (χ3n) is 2.23. The molecule has 0 atom stereocenters. The molecule has 0 aliphatic heterocycles. The Kier molecular flexibility index (Phi) is 4.36. The Morgan fingerprint density at radius 1 is 1.67 bits per heavy atom. The molecule has 3 heteroatoms. The maximum absolute atomic E-state index is 8.92. The van der Waals surface area contributed by atoms with E-state index in [1.807, 2.05) is 13.1 Å². The molecule has 0 fully saturated rings. The first-order valence-corrected chi connectivity index (χ1v) is 4.95. The van der Waals surface area contributed by atoms with Gasteiger partial charge in [-0.15, -0.1) is 6.58 Å². The Bertz CT molecular complexity index is 365. The largest absolute Gasteiger partial charge is 0.372 e. The molecule has 1 heterocycles. The fourth-order valence-corrected chi connectivity index (χ4v) is 1.38. The van der Waals surface area contributed by atoms with Crippen LogP contribution in [0.3, 0.4) is 0 Å². The molecule has 15 heavy (non-hydrogen) atoms. The van der Waals surface area contributed by atoms with Crippen LogP contribution in [0.1, 0.15) is 18.4 Å². The van der Waals surface area contributed by atoms with Crippen molar-refractivity contribution in [2.45, 2.75) is 12.8 Å². The van der Waals surface area contributed by atoms with Crippen LogP contribution in [-0.4, -0.2) is 18.6 Å². The molecule has 1 aromatic heterocycles. The normalized spacial score (nSPS) is 9.33. The van der Waals surface area contributed by atoms with Crippen LogP contribution in [-0.2, 0) is 0 Å². The standard InChI is InChI=1S/C12H15N3/c1-3-4-5-8-15(2)12-10-14-7-6-11(12)9-13/h3,6-7,10H,1,4-5,8H2,2H3. The third kappa shape index (κ3) is 3.10. The van der Waals surface area contributed by atoms with Gasteiger partial charge in [-0.25, -0.2) is 0 Å². The monoisotopic (exact) mass is 201 g/mol. The minimum atomic E-state index is 0.672. The molecule has 0 bridgehead atoms. The molecular formula is C12H15N3. The summed E-state index contributed by atoms with van der Waals surface area (Å²) in [6.45, 7) is 4.59. The van der Waals surface area contributed by atoms with Crippen LogP contribution in [0.15, 0.2) is 31.1 Å². The van der Waals surface area contributed by atoms with Crippen molar-refractivity contribution in [2.75, 3.05) is 18.5 Å². The van der Waals surface area contributed by atoms with E-state index < -0.39 is 0 Å². The van der Waals surface area contributed by atoms with E-state index in [1.165, 1.54) is 0 Å². The van der Waals surface area contributed by atoms with Crippen molar-refractivity contribution in [3.8, 4) is 6.07 Å². The molecule has 0 saturated carbocycles. The summed E-state index contributed by atoms with van der Waals surface area (Å²) in [4.78, 5) is 6.08. The maximum Gasteiger partial charge on any atom is 0.101 e. The van der Waals surface area contributed by atoms with E-state index in [0.29, 0.717) is 5.56 Å². The average Bonchev–Trinajstić information content (AvgIpc) is 2.29. The predicted molar refractivity (Wildman–Crippen MR) is 61.7 cm³/mol. The summed E-state index contributed by atoms with van der Waals surface area (Å²) < 4.78 is 0. The Hall–Kier alpha value is -1.82. The second kappa shape index (κ2) is 5.82. The first-order chi connectivity index (χ1) is 7.29. The van der Waals surface area contributed by atoms with Crippen LogP contribution >= 0.6 is 0 Å². The summed E-state index contributed by atoms with van der Waals surface area (Å²) in [5.74, 6) is 0. The lowest BCUT2D eigenvalue weighted by Gasteiger charge is -2.19. The van der Waals surface area contributed by atoms with Gasteiger partial charge in [-0.1, -0.05) is 6.08 Å². The number of rotatable bonds is 5. The van der Waals surface area contributed by atoms with Crippen LogP contribution in [0.25, 0.3) is 0 Å². The van der Waals surface area contributed by atoms with E-state index in [4.69, 9.17) is 5.26 Å². The van der Waals surface area contributed by atoms with E-state index >= 15 is 0 Å². The van der Waals surface area contributed by atoms with Crippen molar-refractivity contribution < 1.29 is 0 Å². The number of nitrogens with zero attached hydrogens (tertiary/aromatic N) is 3. The van der Waals surface area contributed by atoms with Gasteiger partial charge in [0, 0.05) is 19.8 Å². The molecule has 3 nitrogen and oxygen atoms in total. The Morgan fingerprint density at radius 2 is 2.47 bits per heavy atom. The van der Waals surface area contributed by atoms with Gasteiger partial charge < -0.3 is 4.90 Å². The van der Waals surface area contributed by atoms with Gasteiger partial charge in [0.2, 0.25) is 0 Å². The first kappa shape index (κ1) is 11.3. The number of anilines is 1.